The van der Waals surface area contributed by atoms with Gasteiger partial charge in [-0.2, -0.15) is 5.26 Å². The van der Waals surface area contributed by atoms with Gasteiger partial charge in [0, 0.05) is 6.54 Å². The maximum Gasteiger partial charge on any atom is 0.167 e. The zero-order valence-electron chi connectivity index (χ0n) is 12.1. The van der Waals surface area contributed by atoms with E-state index < -0.39 is 31.1 Å². The number of imidazole rings is 1. The highest BCUT2D eigenvalue weighted by Gasteiger charge is 2.43. The highest BCUT2D eigenvalue weighted by atomic mass is 16.6. The topological polar surface area (TPSA) is 149 Å². The molecule has 0 radical (unpaired) electrons. The summed E-state index contributed by atoms with van der Waals surface area (Å²) in [5, 5.41) is 40.7. The second kappa shape index (κ2) is 6.43. The number of nitrogens with one attached hydrogen (secondary N) is 1. The second-order valence-corrected chi connectivity index (χ2v) is 5.11. The van der Waals surface area contributed by atoms with Crippen molar-refractivity contribution in [2.24, 2.45) is 0 Å². The Hall–Kier alpha value is -2.32. The molecule has 0 aromatic carbocycles. The molecule has 3 rings (SSSR count). The molecule has 1 aliphatic rings. The molecule has 2 aromatic rings. The van der Waals surface area contributed by atoms with Crippen LogP contribution in [0.25, 0.3) is 11.2 Å². The summed E-state index contributed by atoms with van der Waals surface area (Å²) in [5.74, 6) is 0.468. The lowest BCUT2D eigenvalue weighted by atomic mass is 10.1. The summed E-state index contributed by atoms with van der Waals surface area (Å²) in [7, 11) is 0. The predicted octanol–water partition coefficient (Wildman–Crippen LogP) is -1.24. The van der Waals surface area contributed by atoms with E-state index in [0.717, 1.165) is 0 Å². The van der Waals surface area contributed by atoms with E-state index in [2.05, 4.69) is 20.3 Å². The van der Waals surface area contributed by atoms with Gasteiger partial charge in [0.2, 0.25) is 0 Å². The van der Waals surface area contributed by atoms with Crippen molar-refractivity contribution in [3.8, 4) is 6.07 Å². The van der Waals surface area contributed by atoms with Gasteiger partial charge in [0.25, 0.3) is 0 Å². The van der Waals surface area contributed by atoms with E-state index in [1.165, 1.54) is 17.2 Å². The molecule has 10 nitrogen and oxygen atoms in total. The lowest BCUT2D eigenvalue weighted by Crippen LogP contribution is -2.33. The molecule has 2 aromatic heterocycles. The third-order valence-corrected chi connectivity index (χ3v) is 3.68. The molecule has 23 heavy (non-hydrogen) atoms. The number of aliphatic hydroxyl groups is 3. The van der Waals surface area contributed by atoms with E-state index >= 15 is 0 Å². The van der Waals surface area contributed by atoms with Crippen molar-refractivity contribution in [2.75, 3.05) is 18.5 Å². The van der Waals surface area contributed by atoms with Crippen molar-refractivity contribution in [2.45, 2.75) is 31.0 Å². The first-order valence-electron chi connectivity index (χ1n) is 7.08. The van der Waals surface area contributed by atoms with Crippen LogP contribution >= 0.6 is 0 Å². The zero-order chi connectivity index (χ0) is 16.4. The molecule has 0 amide bonds. The third-order valence-electron chi connectivity index (χ3n) is 3.68. The minimum absolute atomic E-state index is 0.320. The summed E-state index contributed by atoms with van der Waals surface area (Å²) in [6.07, 6.45) is -1.12. The maximum absolute atomic E-state index is 10.1. The standard InChI is InChI=1S/C13H16N6O4/c14-2-1-3-15-11-8-12(17-5-16-11)19(6-18-8)13-10(22)9(21)7(4-20)23-13/h5-7,9-10,13,20-22H,1,3-4H2,(H,15,16,17)/t7-,9+,10?,13-/m1/s1. The Bertz CT molecular complexity index is 729. The Morgan fingerprint density at radius 3 is 2.83 bits per heavy atom. The van der Waals surface area contributed by atoms with Crippen LogP contribution in [-0.4, -0.2) is 66.3 Å². The molecule has 1 fully saturated rings. The molecule has 0 saturated carbocycles. The van der Waals surface area contributed by atoms with Gasteiger partial charge in [0.15, 0.2) is 23.2 Å². The predicted molar refractivity (Wildman–Crippen MR) is 77.1 cm³/mol. The summed E-state index contributed by atoms with van der Waals surface area (Å²) in [5.41, 5.74) is 0.873. The second-order valence-electron chi connectivity index (χ2n) is 5.11. The van der Waals surface area contributed by atoms with Gasteiger partial charge in [-0.25, -0.2) is 15.0 Å². The van der Waals surface area contributed by atoms with Gasteiger partial charge in [-0.1, -0.05) is 0 Å². The van der Waals surface area contributed by atoms with Crippen molar-refractivity contribution < 1.29 is 20.1 Å². The van der Waals surface area contributed by atoms with Crippen molar-refractivity contribution in [1.29, 1.82) is 5.26 Å². The largest absolute Gasteiger partial charge is 0.394 e. The van der Waals surface area contributed by atoms with E-state index in [1.807, 2.05) is 6.07 Å². The number of rotatable bonds is 5. The molecule has 10 heteroatoms. The van der Waals surface area contributed by atoms with E-state index in [1.54, 1.807) is 0 Å². The van der Waals surface area contributed by atoms with Crippen molar-refractivity contribution in [3.63, 3.8) is 0 Å². The molecule has 0 aliphatic carbocycles. The average Bonchev–Trinajstić information content (AvgIpc) is 3.11. The average molecular weight is 320 g/mol. The van der Waals surface area contributed by atoms with Crippen LogP contribution in [0.2, 0.25) is 0 Å². The highest BCUT2D eigenvalue weighted by molar-refractivity contribution is 5.82. The Balaban J connectivity index is 1.91. The highest BCUT2D eigenvalue weighted by Crippen LogP contribution is 2.31. The molecule has 4 N–H and O–H groups in total. The molecule has 1 aliphatic heterocycles. The summed E-state index contributed by atoms with van der Waals surface area (Å²) in [6, 6.07) is 2.02. The van der Waals surface area contributed by atoms with Crippen LogP contribution in [0.1, 0.15) is 12.6 Å². The van der Waals surface area contributed by atoms with Crippen LogP contribution in [0.5, 0.6) is 0 Å². The Morgan fingerprint density at radius 1 is 1.30 bits per heavy atom. The molecular weight excluding hydrogens is 304 g/mol. The van der Waals surface area contributed by atoms with Gasteiger partial charge in [-0.05, 0) is 0 Å². The van der Waals surface area contributed by atoms with Crippen LogP contribution in [0.3, 0.4) is 0 Å². The van der Waals surface area contributed by atoms with Crippen LogP contribution in [0.15, 0.2) is 12.7 Å². The maximum atomic E-state index is 10.1. The summed E-state index contributed by atoms with van der Waals surface area (Å²) in [6.45, 7) is 0.0145. The first-order chi connectivity index (χ1) is 11.2. The minimum atomic E-state index is -1.21. The molecule has 1 saturated heterocycles. The number of aromatic nitrogens is 4. The van der Waals surface area contributed by atoms with E-state index in [9.17, 15) is 10.2 Å². The fourth-order valence-electron chi connectivity index (χ4n) is 2.51. The number of fused-ring (bicyclic) bond motifs is 1. The zero-order valence-corrected chi connectivity index (χ0v) is 12.1. The SMILES string of the molecule is N#CCCNc1ncnc2c1ncn2[C@@H]1O[C@H](CO)[C@H](O)C1O. The normalized spacial score (nSPS) is 27.2. The number of ether oxygens (including phenoxy) is 1. The Morgan fingerprint density at radius 2 is 2.13 bits per heavy atom. The van der Waals surface area contributed by atoms with Gasteiger partial charge in [0.05, 0.1) is 25.4 Å². The first kappa shape index (κ1) is 15.6. The van der Waals surface area contributed by atoms with E-state index in [0.29, 0.717) is 29.9 Å². The summed E-state index contributed by atoms with van der Waals surface area (Å²) < 4.78 is 6.96. The van der Waals surface area contributed by atoms with Gasteiger partial charge in [-0.15, -0.1) is 0 Å². The van der Waals surface area contributed by atoms with Crippen LogP contribution in [-0.2, 0) is 4.74 Å². The van der Waals surface area contributed by atoms with Gasteiger partial charge in [-0.3, -0.25) is 4.57 Å². The summed E-state index contributed by atoms with van der Waals surface area (Å²) in [4.78, 5) is 12.4. The van der Waals surface area contributed by atoms with Crippen molar-refractivity contribution in [3.05, 3.63) is 12.7 Å². The quantitative estimate of drug-likeness (QED) is 0.496. The van der Waals surface area contributed by atoms with Gasteiger partial charge >= 0.3 is 0 Å². The first-order valence-corrected chi connectivity index (χ1v) is 7.08. The number of aliphatic hydroxyl groups excluding tert-OH is 3. The number of nitriles is 1. The fraction of sp³-hybridized carbons (Fsp3) is 0.538. The van der Waals surface area contributed by atoms with Crippen molar-refractivity contribution >= 4 is 17.0 Å². The van der Waals surface area contributed by atoms with Crippen LogP contribution in [0.4, 0.5) is 5.82 Å². The Labute approximate surface area is 131 Å². The summed E-state index contributed by atoms with van der Waals surface area (Å²) >= 11 is 0. The lowest BCUT2D eigenvalue weighted by Gasteiger charge is -2.16. The van der Waals surface area contributed by atoms with Crippen molar-refractivity contribution in [1.82, 2.24) is 19.5 Å². The van der Waals surface area contributed by atoms with Crippen LogP contribution in [0, 0.1) is 11.3 Å². The monoisotopic (exact) mass is 320 g/mol. The molecular formula is C13H16N6O4. The molecule has 4 atom stereocenters. The number of hydrogen-bond donors (Lipinski definition) is 4. The molecule has 1 unspecified atom stereocenters. The lowest BCUT2D eigenvalue weighted by molar-refractivity contribution is -0.0511. The third kappa shape index (κ3) is 2.71. The minimum Gasteiger partial charge on any atom is -0.394 e. The van der Waals surface area contributed by atoms with Gasteiger partial charge in [0.1, 0.15) is 24.6 Å². The Kier molecular flexibility index (Phi) is 4.35. The number of nitrogens with zero attached hydrogens (tertiary/aromatic N) is 5. The number of hydrogen-bond acceptors (Lipinski definition) is 9. The smallest absolute Gasteiger partial charge is 0.167 e. The molecule has 0 spiro atoms. The fourth-order valence-corrected chi connectivity index (χ4v) is 2.51. The van der Waals surface area contributed by atoms with E-state index in [4.69, 9.17) is 15.1 Å². The molecule has 3 heterocycles. The van der Waals surface area contributed by atoms with Gasteiger partial charge < -0.3 is 25.4 Å². The van der Waals surface area contributed by atoms with E-state index in [-0.39, 0.29) is 0 Å². The van der Waals surface area contributed by atoms with Crippen LogP contribution < -0.4 is 5.32 Å². The molecule has 0 bridgehead atoms. The molecule has 122 valence electrons. The number of anilines is 1.